The first-order chi connectivity index (χ1) is 23.0. The molecular formula is C45H28N2. The summed E-state index contributed by atoms with van der Waals surface area (Å²) in [5, 5.41) is 16.7. The number of nitriles is 1. The van der Waals surface area contributed by atoms with Gasteiger partial charge in [0, 0.05) is 5.41 Å². The molecule has 0 saturated heterocycles. The van der Waals surface area contributed by atoms with Crippen LogP contribution in [0.3, 0.4) is 0 Å². The first kappa shape index (κ1) is 27.1. The first-order valence-electron chi connectivity index (χ1n) is 15.9. The number of fused-ring (bicyclic) bond motifs is 3. The zero-order valence-corrected chi connectivity index (χ0v) is 26.1. The fourth-order valence-electron chi connectivity index (χ4n) is 7.94. The summed E-state index contributed by atoms with van der Waals surface area (Å²) in [4.78, 5) is 3.64. The average molecular weight is 597 g/mol. The highest BCUT2D eigenvalue weighted by Crippen LogP contribution is 2.51. The number of benzene rings is 8. The Morgan fingerprint density at radius 3 is 1.85 bits per heavy atom. The van der Waals surface area contributed by atoms with E-state index in [0.29, 0.717) is 11.3 Å². The smallest absolute Gasteiger partial charge is 0.187 e. The minimum absolute atomic E-state index is 0.0971. The zero-order valence-electron chi connectivity index (χ0n) is 26.1. The summed E-state index contributed by atoms with van der Waals surface area (Å²) < 4.78 is 0. The number of rotatable bonds is 3. The van der Waals surface area contributed by atoms with Crippen LogP contribution in [-0.4, -0.2) is 0 Å². The van der Waals surface area contributed by atoms with E-state index in [9.17, 15) is 5.26 Å². The van der Waals surface area contributed by atoms with Crippen molar-refractivity contribution >= 4 is 38.0 Å². The summed E-state index contributed by atoms with van der Waals surface area (Å²) in [6.45, 7) is 12.2. The van der Waals surface area contributed by atoms with E-state index in [1.165, 1.54) is 65.7 Å². The van der Waals surface area contributed by atoms with Crippen molar-refractivity contribution in [3.8, 4) is 50.6 Å². The lowest BCUT2D eigenvalue weighted by molar-refractivity contribution is 0.660. The third-order valence-electron chi connectivity index (χ3n) is 10.3. The van der Waals surface area contributed by atoms with Gasteiger partial charge in [0.15, 0.2) is 5.69 Å². The van der Waals surface area contributed by atoms with E-state index < -0.39 is 0 Å². The molecule has 47 heavy (non-hydrogen) atoms. The van der Waals surface area contributed by atoms with Gasteiger partial charge in [0.05, 0.1) is 18.2 Å². The van der Waals surface area contributed by atoms with Crippen LogP contribution < -0.4 is 0 Å². The van der Waals surface area contributed by atoms with Crippen LogP contribution in [0.15, 0.2) is 133 Å². The summed E-state index contributed by atoms with van der Waals surface area (Å²) >= 11 is 0. The predicted molar refractivity (Wildman–Crippen MR) is 195 cm³/mol. The molecule has 0 N–H and O–H groups in total. The van der Waals surface area contributed by atoms with Crippen LogP contribution in [0.4, 0.5) is 5.69 Å². The van der Waals surface area contributed by atoms with E-state index in [0.717, 1.165) is 22.3 Å². The van der Waals surface area contributed by atoms with Crippen molar-refractivity contribution in [2.75, 3.05) is 0 Å². The lowest BCUT2D eigenvalue weighted by atomic mass is 9.80. The Morgan fingerprint density at radius 2 is 1.11 bits per heavy atom. The van der Waals surface area contributed by atoms with Gasteiger partial charge in [-0.05, 0) is 112 Å². The van der Waals surface area contributed by atoms with Crippen LogP contribution in [0.2, 0.25) is 0 Å². The standard InChI is InChI=1S/C45H28N2/c1-45(2)41-7-5-4-6-34(41)35-20-16-31(24-42(35)45)40-25-39(29-12-17-32(47-3)18-13-29)37-21-15-30-14-19-33(28-10-8-27(26-46)9-11-28)36-22-23-38(40)44(37)43(30)36/h4-25H,1-2H3. The van der Waals surface area contributed by atoms with E-state index in [4.69, 9.17) is 6.57 Å². The molecule has 0 aromatic heterocycles. The van der Waals surface area contributed by atoms with Gasteiger partial charge in [-0.1, -0.05) is 123 Å². The Morgan fingerprint density at radius 1 is 0.532 bits per heavy atom. The van der Waals surface area contributed by atoms with Gasteiger partial charge in [-0.2, -0.15) is 5.26 Å². The Labute approximate surface area is 273 Å². The fourth-order valence-corrected chi connectivity index (χ4v) is 7.94. The van der Waals surface area contributed by atoms with Gasteiger partial charge in [-0.15, -0.1) is 0 Å². The van der Waals surface area contributed by atoms with E-state index in [1.54, 1.807) is 0 Å². The van der Waals surface area contributed by atoms with Gasteiger partial charge in [0.25, 0.3) is 0 Å². The number of hydrogen-bond donors (Lipinski definition) is 0. The molecule has 2 heteroatoms. The summed E-state index contributed by atoms with van der Waals surface area (Å²) in [6, 6.07) is 49.8. The molecule has 0 bridgehead atoms. The SMILES string of the molecule is [C-]#[N+]c1ccc(-c2cc(-c3ccc4c(c3)C(C)(C)c3ccccc3-4)c3ccc4c(-c5ccc(C#N)cc5)ccc5ccc2c3c54)cc1. The molecule has 0 heterocycles. The highest BCUT2D eigenvalue weighted by Gasteiger charge is 2.35. The fraction of sp³-hybridized carbons (Fsp3) is 0.0667. The molecule has 0 fully saturated rings. The van der Waals surface area contributed by atoms with Crippen molar-refractivity contribution < 1.29 is 0 Å². The highest BCUT2D eigenvalue weighted by atomic mass is 14.6. The van der Waals surface area contributed by atoms with E-state index in [2.05, 4.69) is 122 Å². The molecule has 1 aliphatic rings. The van der Waals surface area contributed by atoms with E-state index in [1.807, 2.05) is 36.4 Å². The second-order valence-corrected chi connectivity index (χ2v) is 13.1. The third-order valence-corrected chi connectivity index (χ3v) is 10.3. The molecule has 0 aliphatic heterocycles. The van der Waals surface area contributed by atoms with Gasteiger partial charge in [0.1, 0.15) is 0 Å². The normalized spacial score (nSPS) is 13.0. The molecule has 0 unspecified atom stereocenters. The molecule has 0 atom stereocenters. The molecule has 0 radical (unpaired) electrons. The highest BCUT2D eigenvalue weighted by molar-refractivity contribution is 6.30. The van der Waals surface area contributed by atoms with Crippen molar-refractivity contribution in [3.63, 3.8) is 0 Å². The molecule has 0 saturated carbocycles. The largest absolute Gasteiger partial charge is 0.238 e. The third kappa shape index (κ3) is 3.89. The molecular weight excluding hydrogens is 569 g/mol. The van der Waals surface area contributed by atoms with Crippen LogP contribution >= 0.6 is 0 Å². The maximum atomic E-state index is 9.39. The van der Waals surface area contributed by atoms with E-state index >= 15 is 0 Å². The molecule has 218 valence electrons. The lowest BCUT2D eigenvalue weighted by Gasteiger charge is -2.23. The summed E-state index contributed by atoms with van der Waals surface area (Å²) in [6.07, 6.45) is 0. The maximum absolute atomic E-state index is 9.39. The molecule has 2 nitrogen and oxygen atoms in total. The lowest BCUT2D eigenvalue weighted by Crippen LogP contribution is -2.14. The minimum Gasteiger partial charge on any atom is -0.238 e. The number of nitrogens with zero attached hydrogens (tertiary/aromatic N) is 2. The Bertz CT molecular complexity index is 2640. The Hall–Kier alpha value is -6.22. The minimum atomic E-state index is -0.0971. The molecule has 8 aromatic carbocycles. The van der Waals surface area contributed by atoms with Crippen LogP contribution in [-0.2, 0) is 5.41 Å². The van der Waals surface area contributed by atoms with Crippen molar-refractivity contribution in [3.05, 3.63) is 162 Å². The Balaban J connectivity index is 1.36. The second-order valence-electron chi connectivity index (χ2n) is 13.1. The van der Waals surface area contributed by atoms with Crippen molar-refractivity contribution in [1.82, 2.24) is 0 Å². The molecule has 1 aliphatic carbocycles. The van der Waals surface area contributed by atoms with Crippen molar-refractivity contribution in [1.29, 1.82) is 5.26 Å². The second kappa shape index (κ2) is 9.89. The predicted octanol–water partition coefficient (Wildman–Crippen LogP) is 12.3. The maximum Gasteiger partial charge on any atom is 0.187 e. The van der Waals surface area contributed by atoms with Crippen LogP contribution in [0, 0.1) is 17.9 Å². The van der Waals surface area contributed by atoms with Gasteiger partial charge in [0.2, 0.25) is 0 Å². The summed E-state index contributed by atoms with van der Waals surface area (Å²) in [5.41, 5.74) is 13.5. The van der Waals surface area contributed by atoms with Crippen LogP contribution in [0.1, 0.15) is 30.5 Å². The van der Waals surface area contributed by atoms with Gasteiger partial charge in [-0.3, -0.25) is 0 Å². The molecule has 0 amide bonds. The van der Waals surface area contributed by atoms with Gasteiger partial charge in [-0.25, -0.2) is 4.85 Å². The summed E-state index contributed by atoms with van der Waals surface area (Å²) in [7, 11) is 0. The zero-order chi connectivity index (χ0) is 31.9. The molecule has 9 rings (SSSR count). The molecule has 0 spiro atoms. The first-order valence-corrected chi connectivity index (χ1v) is 15.9. The number of hydrogen-bond acceptors (Lipinski definition) is 1. The van der Waals surface area contributed by atoms with Gasteiger partial charge < -0.3 is 0 Å². The average Bonchev–Trinajstić information content (AvgIpc) is 3.36. The van der Waals surface area contributed by atoms with Crippen LogP contribution in [0.5, 0.6) is 0 Å². The van der Waals surface area contributed by atoms with Crippen LogP contribution in [0.25, 0.3) is 81.7 Å². The summed E-state index contributed by atoms with van der Waals surface area (Å²) in [5.74, 6) is 0. The molecule has 8 aromatic rings. The monoisotopic (exact) mass is 596 g/mol. The van der Waals surface area contributed by atoms with E-state index in [-0.39, 0.29) is 5.41 Å². The van der Waals surface area contributed by atoms with Crippen molar-refractivity contribution in [2.45, 2.75) is 19.3 Å². The topological polar surface area (TPSA) is 28.1 Å². The van der Waals surface area contributed by atoms with Gasteiger partial charge >= 0.3 is 0 Å². The quantitative estimate of drug-likeness (QED) is 0.147. The Kier molecular flexibility index (Phi) is 5.71. The van der Waals surface area contributed by atoms with Crippen molar-refractivity contribution in [2.24, 2.45) is 0 Å².